The Balaban J connectivity index is 1.73. The van der Waals surface area contributed by atoms with Crippen molar-refractivity contribution in [1.82, 2.24) is 20.4 Å². The lowest BCUT2D eigenvalue weighted by Gasteiger charge is -2.08. The molecule has 0 aliphatic rings. The maximum absolute atomic E-state index is 12.3. The molecule has 0 unspecified atom stereocenters. The Labute approximate surface area is 162 Å². The lowest BCUT2D eigenvalue weighted by Crippen LogP contribution is -2.15. The number of rotatable bonds is 6. The number of aromatic nitrogens is 4. The summed E-state index contributed by atoms with van der Waals surface area (Å²) in [7, 11) is -3.95. The van der Waals surface area contributed by atoms with Gasteiger partial charge in [0.05, 0.1) is 9.82 Å². The Hall–Kier alpha value is -3.58. The molecule has 0 bridgehead atoms. The minimum absolute atomic E-state index is 0.0201. The molecule has 1 aromatic carbocycles. The van der Waals surface area contributed by atoms with Crippen molar-refractivity contribution in [2.45, 2.75) is 4.90 Å². The number of halogens is 1. The van der Waals surface area contributed by atoms with Crippen molar-refractivity contribution in [3.05, 3.63) is 63.6 Å². The van der Waals surface area contributed by atoms with E-state index in [-0.39, 0.29) is 27.2 Å². The Morgan fingerprint density at radius 2 is 1.86 bits per heavy atom. The van der Waals surface area contributed by atoms with Crippen LogP contribution < -0.4 is 10.0 Å². The van der Waals surface area contributed by atoms with Crippen LogP contribution in [-0.2, 0) is 10.0 Å². The zero-order valence-corrected chi connectivity index (χ0v) is 15.2. The number of benzene rings is 1. The molecule has 0 radical (unpaired) electrons. The highest BCUT2D eigenvalue weighted by molar-refractivity contribution is 7.92. The van der Waals surface area contributed by atoms with E-state index >= 15 is 0 Å². The molecule has 0 aliphatic heterocycles. The molecule has 0 spiro atoms. The molecule has 1 amide bonds. The molecule has 3 N–H and O–H groups in total. The quantitative estimate of drug-likeness (QED) is 0.397. The van der Waals surface area contributed by atoms with Gasteiger partial charge in [-0.1, -0.05) is 11.6 Å². The molecule has 2 heterocycles. The van der Waals surface area contributed by atoms with Crippen molar-refractivity contribution in [3.8, 4) is 0 Å². The van der Waals surface area contributed by atoms with E-state index < -0.39 is 26.5 Å². The zero-order chi connectivity index (χ0) is 20.3. The monoisotopic (exact) mass is 423 g/mol. The van der Waals surface area contributed by atoms with Gasteiger partial charge in [-0.25, -0.2) is 8.42 Å². The van der Waals surface area contributed by atoms with Gasteiger partial charge >= 0.3 is 5.69 Å². The van der Waals surface area contributed by atoms with Crippen LogP contribution in [-0.4, -0.2) is 39.6 Å². The number of sulfonamides is 1. The van der Waals surface area contributed by atoms with Crippen molar-refractivity contribution in [2.24, 2.45) is 0 Å². The van der Waals surface area contributed by atoms with Crippen LogP contribution in [0.4, 0.5) is 17.2 Å². The van der Waals surface area contributed by atoms with Crippen LogP contribution in [0.2, 0.25) is 5.15 Å². The predicted octanol–water partition coefficient (Wildman–Crippen LogP) is 1.81. The van der Waals surface area contributed by atoms with E-state index in [1.165, 1.54) is 36.4 Å². The average Bonchev–Trinajstić information content (AvgIpc) is 3.14. The second-order valence-electron chi connectivity index (χ2n) is 5.21. The maximum Gasteiger partial charge on any atom is 0.319 e. The standard InChI is InChI=1S/C14H10ClN7O5S/c15-11-5-6-12(19-18-11)21-28(26,27)9-3-1-8(2-4-9)17-14(23)13-10(22(24)25)7-16-20-13/h1-7H,(H,16,20)(H,17,23)(H,19,21). The van der Waals surface area contributed by atoms with Gasteiger partial charge in [-0.2, -0.15) is 5.10 Å². The molecule has 0 fully saturated rings. The first-order chi connectivity index (χ1) is 13.3. The second kappa shape index (κ2) is 7.58. The topological polar surface area (TPSA) is 173 Å². The molecule has 0 atom stereocenters. The van der Waals surface area contributed by atoms with Gasteiger partial charge in [0, 0.05) is 5.69 Å². The smallest absolute Gasteiger partial charge is 0.319 e. The number of H-pyrrole nitrogens is 1. The highest BCUT2D eigenvalue weighted by atomic mass is 35.5. The molecule has 3 aromatic rings. The third kappa shape index (κ3) is 4.21. The number of nitrogens with one attached hydrogen (secondary N) is 3. The molecule has 144 valence electrons. The molecule has 0 saturated carbocycles. The number of hydrogen-bond acceptors (Lipinski definition) is 8. The fraction of sp³-hybridized carbons (Fsp3) is 0. The fourth-order valence-corrected chi connectivity index (χ4v) is 3.16. The first kappa shape index (κ1) is 19.2. The number of carbonyl (C=O) groups excluding carboxylic acids is 1. The lowest BCUT2D eigenvalue weighted by atomic mass is 10.3. The molecule has 0 saturated heterocycles. The summed E-state index contributed by atoms with van der Waals surface area (Å²) in [5.74, 6) is -0.817. The lowest BCUT2D eigenvalue weighted by molar-refractivity contribution is -0.385. The summed E-state index contributed by atoms with van der Waals surface area (Å²) in [6.45, 7) is 0. The Bertz CT molecular complexity index is 1130. The maximum atomic E-state index is 12.3. The highest BCUT2D eigenvalue weighted by Gasteiger charge is 2.23. The summed E-state index contributed by atoms with van der Waals surface area (Å²) < 4.78 is 26.9. The fourth-order valence-electron chi connectivity index (χ4n) is 2.06. The van der Waals surface area contributed by atoms with E-state index in [1.54, 1.807) is 0 Å². The van der Waals surface area contributed by atoms with E-state index in [1.807, 2.05) is 0 Å². The van der Waals surface area contributed by atoms with Crippen LogP contribution >= 0.6 is 11.6 Å². The van der Waals surface area contributed by atoms with Crippen LogP contribution in [0.15, 0.2) is 47.5 Å². The van der Waals surface area contributed by atoms with Gasteiger partial charge in [-0.05, 0) is 36.4 Å². The van der Waals surface area contributed by atoms with Crippen LogP contribution in [0.5, 0.6) is 0 Å². The van der Waals surface area contributed by atoms with Gasteiger partial charge < -0.3 is 5.32 Å². The minimum Gasteiger partial charge on any atom is -0.320 e. The number of anilines is 2. The molecular formula is C14H10ClN7O5S. The Kier molecular flexibility index (Phi) is 5.19. The van der Waals surface area contributed by atoms with Crippen LogP contribution in [0, 0.1) is 10.1 Å². The third-order valence-electron chi connectivity index (χ3n) is 3.34. The predicted molar refractivity (Wildman–Crippen MR) is 97.5 cm³/mol. The van der Waals surface area contributed by atoms with Crippen molar-refractivity contribution in [1.29, 1.82) is 0 Å². The SMILES string of the molecule is O=C(Nc1ccc(S(=O)(=O)Nc2ccc(Cl)nn2)cc1)c1[nH]ncc1[N+](=O)[O-]. The van der Waals surface area contributed by atoms with E-state index in [9.17, 15) is 23.3 Å². The zero-order valence-electron chi connectivity index (χ0n) is 13.7. The Morgan fingerprint density at radius 1 is 1.14 bits per heavy atom. The van der Waals surface area contributed by atoms with Gasteiger partial charge in [0.2, 0.25) is 5.69 Å². The molecule has 2 aromatic heterocycles. The normalized spacial score (nSPS) is 11.0. The van der Waals surface area contributed by atoms with Crippen molar-refractivity contribution < 1.29 is 18.1 Å². The van der Waals surface area contributed by atoms with E-state index in [4.69, 9.17) is 11.6 Å². The summed E-state index contributed by atoms with van der Waals surface area (Å²) >= 11 is 5.59. The van der Waals surface area contributed by atoms with Gasteiger partial charge in [0.15, 0.2) is 11.0 Å². The molecule has 0 aliphatic carbocycles. The second-order valence-corrected chi connectivity index (χ2v) is 7.28. The summed E-state index contributed by atoms with van der Waals surface area (Å²) in [6, 6.07) is 7.84. The van der Waals surface area contributed by atoms with Crippen LogP contribution in [0.25, 0.3) is 0 Å². The van der Waals surface area contributed by atoms with Crippen LogP contribution in [0.1, 0.15) is 10.5 Å². The number of amides is 1. The van der Waals surface area contributed by atoms with E-state index in [2.05, 4.69) is 30.4 Å². The summed E-state index contributed by atoms with van der Waals surface area (Å²) in [5, 5.41) is 26.2. The minimum atomic E-state index is -3.95. The third-order valence-corrected chi connectivity index (χ3v) is 4.91. The first-order valence-corrected chi connectivity index (χ1v) is 9.23. The average molecular weight is 424 g/mol. The largest absolute Gasteiger partial charge is 0.320 e. The van der Waals surface area contributed by atoms with E-state index in [0.717, 1.165) is 6.20 Å². The van der Waals surface area contributed by atoms with Gasteiger partial charge in [0.1, 0.15) is 6.20 Å². The number of hydrogen-bond donors (Lipinski definition) is 3. The van der Waals surface area contributed by atoms with Crippen molar-refractivity contribution in [3.63, 3.8) is 0 Å². The Morgan fingerprint density at radius 3 is 2.46 bits per heavy atom. The summed E-state index contributed by atoms with van der Waals surface area (Å²) in [6.07, 6.45) is 0.913. The van der Waals surface area contributed by atoms with E-state index in [0.29, 0.717) is 0 Å². The number of nitro groups is 1. The number of carbonyl (C=O) groups is 1. The molecule has 12 nitrogen and oxygen atoms in total. The van der Waals surface area contributed by atoms with Gasteiger partial charge in [-0.3, -0.25) is 24.7 Å². The van der Waals surface area contributed by atoms with Crippen molar-refractivity contribution >= 4 is 44.7 Å². The van der Waals surface area contributed by atoms with Crippen molar-refractivity contribution in [2.75, 3.05) is 10.0 Å². The first-order valence-electron chi connectivity index (χ1n) is 7.37. The molecular weight excluding hydrogens is 414 g/mol. The number of aromatic amines is 1. The summed E-state index contributed by atoms with van der Waals surface area (Å²) in [4.78, 5) is 22.1. The molecule has 14 heteroatoms. The molecule has 3 rings (SSSR count). The number of nitrogens with zero attached hydrogens (tertiary/aromatic N) is 4. The van der Waals surface area contributed by atoms with Crippen LogP contribution in [0.3, 0.4) is 0 Å². The van der Waals surface area contributed by atoms with Gasteiger partial charge in [0.25, 0.3) is 15.9 Å². The van der Waals surface area contributed by atoms with Gasteiger partial charge in [-0.15, -0.1) is 10.2 Å². The highest BCUT2D eigenvalue weighted by Crippen LogP contribution is 2.20. The molecule has 28 heavy (non-hydrogen) atoms. The summed E-state index contributed by atoms with van der Waals surface area (Å²) in [5.41, 5.74) is -0.589.